The first-order valence-electron chi connectivity index (χ1n) is 7.62. The van der Waals surface area contributed by atoms with E-state index in [0.717, 1.165) is 14.7 Å². The van der Waals surface area contributed by atoms with E-state index in [1.165, 1.54) is 28.4 Å². The maximum absolute atomic E-state index is 12.9. The Bertz CT molecular complexity index is 974. The van der Waals surface area contributed by atoms with E-state index in [2.05, 4.69) is 20.9 Å². The molecule has 0 saturated carbocycles. The van der Waals surface area contributed by atoms with Crippen LogP contribution in [0.2, 0.25) is 0 Å². The summed E-state index contributed by atoms with van der Waals surface area (Å²) in [5.41, 5.74) is 0.779. The number of anilines is 1. The highest BCUT2D eigenvalue weighted by atomic mass is 79.9. The smallest absolute Gasteiger partial charge is 0.395 e. The number of hydrogen-bond acceptors (Lipinski definition) is 7. The Balaban J connectivity index is 0.00000261. The number of nitro groups is 1. The van der Waals surface area contributed by atoms with Gasteiger partial charge in [0, 0.05) is 17.6 Å². The second kappa shape index (κ2) is 8.79. The first-order chi connectivity index (χ1) is 12.3. The van der Waals surface area contributed by atoms with Gasteiger partial charge >= 0.3 is 5.88 Å². The summed E-state index contributed by atoms with van der Waals surface area (Å²) < 4.78 is 6.93. The second-order valence-electron chi connectivity index (χ2n) is 5.76. The average molecular weight is 476 g/mol. The standard InChI is InChI=1S/C16H15BrN4O4S.ClH/c1-19(2)7-8-20(15(22)12-5-6-14(25-12)21(23)24)16-18-11-4-3-10(17)9-13(11)26-16;/h3-6,9H,7-8H2,1-2H3;1H. The van der Waals surface area contributed by atoms with Gasteiger partial charge in [0.2, 0.25) is 0 Å². The molecule has 0 radical (unpaired) electrons. The molecule has 0 unspecified atom stereocenters. The Morgan fingerprint density at radius 3 is 2.67 bits per heavy atom. The van der Waals surface area contributed by atoms with Gasteiger partial charge < -0.3 is 9.32 Å². The first kappa shape index (κ1) is 21.3. The summed E-state index contributed by atoms with van der Waals surface area (Å²) in [7, 11) is 3.80. The lowest BCUT2D eigenvalue weighted by atomic mass is 10.3. The van der Waals surface area contributed by atoms with Crippen LogP contribution in [0.25, 0.3) is 10.2 Å². The van der Waals surface area contributed by atoms with Crippen LogP contribution in [0.5, 0.6) is 0 Å². The summed E-state index contributed by atoms with van der Waals surface area (Å²) in [6.07, 6.45) is 0. The minimum Gasteiger partial charge on any atom is -0.395 e. The predicted octanol–water partition coefficient (Wildman–Crippen LogP) is 4.19. The van der Waals surface area contributed by atoms with Crippen LogP contribution in [-0.2, 0) is 0 Å². The van der Waals surface area contributed by atoms with Crippen molar-refractivity contribution in [3.05, 3.63) is 50.7 Å². The maximum atomic E-state index is 12.9. The first-order valence-corrected chi connectivity index (χ1v) is 9.23. The third-order valence-electron chi connectivity index (χ3n) is 3.57. The fraction of sp³-hybridized carbons (Fsp3) is 0.250. The molecule has 1 amide bonds. The van der Waals surface area contributed by atoms with Gasteiger partial charge in [0.15, 0.2) is 10.9 Å². The molecule has 1 aromatic carbocycles. The maximum Gasteiger partial charge on any atom is 0.433 e. The molecule has 0 N–H and O–H groups in total. The molecule has 2 heterocycles. The zero-order chi connectivity index (χ0) is 18.8. The zero-order valence-corrected chi connectivity index (χ0v) is 17.6. The van der Waals surface area contributed by atoms with Crippen molar-refractivity contribution in [3.8, 4) is 0 Å². The number of nitrogens with zero attached hydrogens (tertiary/aromatic N) is 4. The molecule has 0 atom stereocenters. The molecule has 0 fully saturated rings. The van der Waals surface area contributed by atoms with Crippen LogP contribution in [0.15, 0.2) is 39.2 Å². The molecular weight excluding hydrogens is 460 g/mol. The number of aromatic nitrogens is 1. The lowest BCUT2D eigenvalue weighted by Crippen LogP contribution is -2.36. The van der Waals surface area contributed by atoms with Crippen molar-refractivity contribution < 1.29 is 14.1 Å². The minimum absolute atomic E-state index is 0. The second-order valence-corrected chi connectivity index (χ2v) is 7.69. The lowest BCUT2D eigenvalue weighted by Gasteiger charge is -2.20. The molecule has 27 heavy (non-hydrogen) atoms. The molecule has 144 valence electrons. The van der Waals surface area contributed by atoms with Gasteiger partial charge in [0.25, 0.3) is 5.91 Å². The minimum atomic E-state index is -0.670. The van der Waals surface area contributed by atoms with Crippen LogP contribution in [0.1, 0.15) is 10.6 Å². The summed E-state index contributed by atoms with van der Waals surface area (Å²) >= 11 is 4.80. The molecule has 0 aliphatic carbocycles. The highest BCUT2D eigenvalue weighted by Crippen LogP contribution is 2.32. The van der Waals surface area contributed by atoms with Crippen LogP contribution in [0.4, 0.5) is 11.0 Å². The number of halogens is 2. The Kier molecular flexibility index (Phi) is 6.93. The van der Waals surface area contributed by atoms with E-state index >= 15 is 0 Å². The fourth-order valence-electron chi connectivity index (χ4n) is 2.26. The average Bonchev–Trinajstić information content (AvgIpc) is 3.20. The number of amides is 1. The van der Waals surface area contributed by atoms with Gasteiger partial charge in [0.05, 0.1) is 16.3 Å². The number of fused-ring (bicyclic) bond motifs is 1. The highest BCUT2D eigenvalue weighted by Gasteiger charge is 2.26. The third kappa shape index (κ3) is 4.83. The number of rotatable bonds is 6. The molecule has 0 aliphatic rings. The molecule has 2 aromatic heterocycles. The summed E-state index contributed by atoms with van der Waals surface area (Å²) in [5.74, 6) is -1.01. The molecule has 11 heteroatoms. The van der Waals surface area contributed by atoms with E-state index in [9.17, 15) is 14.9 Å². The number of carbonyl (C=O) groups is 1. The van der Waals surface area contributed by atoms with Crippen LogP contribution in [0, 0.1) is 10.1 Å². The quantitative estimate of drug-likeness (QED) is 0.392. The van der Waals surface area contributed by atoms with E-state index in [-0.39, 0.29) is 18.2 Å². The number of benzene rings is 1. The third-order valence-corrected chi connectivity index (χ3v) is 5.10. The Labute approximate surface area is 173 Å². The SMILES string of the molecule is CN(C)CCN(C(=O)c1ccc([N+](=O)[O-])o1)c1nc2ccc(Br)cc2s1.Cl. The number of likely N-dealkylation sites (N-methyl/N-ethyl adjacent to an activating group) is 1. The molecule has 0 bridgehead atoms. The number of thiazole rings is 1. The van der Waals surface area contributed by atoms with Crippen molar-refractivity contribution >= 4 is 66.8 Å². The van der Waals surface area contributed by atoms with Crippen molar-refractivity contribution in [3.63, 3.8) is 0 Å². The van der Waals surface area contributed by atoms with E-state index in [1.54, 1.807) is 0 Å². The van der Waals surface area contributed by atoms with E-state index in [1.807, 2.05) is 37.2 Å². The van der Waals surface area contributed by atoms with Gasteiger partial charge in [0.1, 0.15) is 4.92 Å². The summed E-state index contributed by atoms with van der Waals surface area (Å²) in [4.78, 5) is 31.0. The lowest BCUT2D eigenvalue weighted by molar-refractivity contribution is -0.402. The van der Waals surface area contributed by atoms with Crippen molar-refractivity contribution in [2.75, 3.05) is 32.1 Å². The van der Waals surface area contributed by atoms with Crippen molar-refractivity contribution in [2.45, 2.75) is 0 Å². The van der Waals surface area contributed by atoms with Gasteiger partial charge in [-0.2, -0.15) is 0 Å². The molecule has 8 nitrogen and oxygen atoms in total. The van der Waals surface area contributed by atoms with Gasteiger partial charge in [-0.25, -0.2) is 4.98 Å². The largest absolute Gasteiger partial charge is 0.433 e. The van der Waals surface area contributed by atoms with Gasteiger partial charge in [-0.3, -0.25) is 19.8 Å². The van der Waals surface area contributed by atoms with E-state index < -0.39 is 16.7 Å². The van der Waals surface area contributed by atoms with Crippen LogP contribution >= 0.6 is 39.7 Å². The fourth-order valence-corrected chi connectivity index (χ4v) is 3.80. The summed E-state index contributed by atoms with van der Waals surface area (Å²) in [5, 5.41) is 11.3. The molecule has 0 spiro atoms. The van der Waals surface area contributed by atoms with E-state index in [4.69, 9.17) is 4.42 Å². The predicted molar refractivity (Wildman–Crippen MR) is 110 cm³/mol. The summed E-state index contributed by atoms with van der Waals surface area (Å²) in [6, 6.07) is 8.17. The Morgan fingerprint density at radius 2 is 2.04 bits per heavy atom. The normalized spacial score (nSPS) is 10.8. The number of furan rings is 1. The van der Waals surface area contributed by atoms with Crippen molar-refractivity contribution in [1.82, 2.24) is 9.88 Å². The molecule has 3 rings (SSSR count). The highest BCUT2D eigenvalue weighted by molar-refractivity contribution is 9.10. The van der Waals surface area contributed by atoms with Gasteiger partial charge in [-0.1, -0.05) is 27.3 Å². The molecule has 3 aromatic rings. The Hall–Kier alpha value is -2.01. The Morgan fingerprint density at radius 1 is 1.30 bits per heavy atom. The van der Waals surface area contributed by atoms with Crippen molar-refractivity contribution in [2.24, 2.45) is 0 Å². The monoisotopic (exact) mass is 474 g/mol. The molecular formula is C16H16BrClN4O4S. The van der Waals surface area contributed by atoms with Crippen molar-refractivity contribution in [1.29, 1.82) is 0 Å². The van der Waals surface area contributed by atoms with Gasteiger partial charge in [-0.05, 0) is 38.4 Å². The van der Waals surface area contributed by atoms with Crippen LogP contribution < -0.4 is 4.90 Å². The zero-order valence-electron chi connectivity index (χ0n) is 14.4. The topological polar surface area (TPSA) is 92.7 Å². The van der Waals surface area contributed by atoms with Gasteiger partial charge in [-0.15, -0.1) is 12.4 Å². The molecule has 0 saturated heterocycles. The van der Waals surface area contributed by atoms with Crippen LogP contribution in [-0.4, -0.2) is 47.9 Å². The number of hydrogen-bond donors (Lipinski definition) is 0. The number of carbonyl (C=O) groups excluding carboxylic acids is 1. The van der Waals surface area contributed by atoms with E-state index in [0.29, 0.717) is 18.2 Å². The van der Waals surface area contributed by atoms with Crippen LogP contribution in [0.3, 0.4) is 0 Å². The summed E-state index contributed by atoms with van der Waals surface area (Å²) in [6.45, 7) is 0.982. The molecule has 0 aliphatic heterocycles.